The highest BCUT2D eigenvalue weighted by Gasteiger charge is 2.36. The Labute approximate surface area is 221 Å². The zero-order chi connectivity index (χ0) is 27.0. The fraction of sp³-hybridized carbons (Fsp3) is 0.345. The Morgan fingerprint density at radius 1 is 1.11 bits per heavy atom. The van der Waals surface area contributed by atoms with Gasteiger partial charge in [0.05, 0.1) is 5.69 Å². The second-order valence-electron chi connectivity index (χ2n) is 10.2. The number of carbonyl (C=O) groups is 1. The van der Waals surface area contributed by atoms with Crippen molar-refractivity contribution in [2.24, 2.45) is 7.05 Å². The molecule has 8 nitrogen and oxygen atoms in total. The number of halogens is 1. The summed E-state index contributed by atoms with van der Waals surface area (Å²) < 4.78 is 19.6. The van der Waals surface area contributed by atoms with Gasteiger partial charge in [-0.1, -0.05) is 12.1 Å². The van der Waals surface area contributed by atoms with E-state index in [0.717, 1.165) is 28.1 Å². The molecule has 38 heavy (non-hydrogen) atoms. The molecule has 9 heteroatoms. The summed E-state index contributed by atoms with van der Waals surface area (Å²) in [7, 11) is 7.17. The first-order chi connectivity index (χ1) is 18.2. The minimum atomic E-state index is -1.41. The predicted molar refractivity (Wildman–Crippen MR) is 148 cm³/mol. The Hall–Kier alpha value is -3.98. The molecular weight excluding hydrogens is 483 g/mol. The van der Waals surface area contributed by atoms with E-state index in [2.05, 4.69) is 21.3 Å². The van der Waals surface area contributed by atoms with Gasteiger partial charge < -0.3 is 14.8 Å². The van der Waals surface area contributed by atoms with E-state index in [1.165, 1.54) is 4.90 Å². The molecule has 1 aliphatic rings. The number of hydrogen-bond acceptors (Lipinski definition) is 5. The molecule has 4 heterocycles. The summed E-state index contributed by atoms with van der Waals surface area (Å²) in [5.74, 6) is -0.0910. The number of nitrogens with zero attached hydrogens (tertiary/aromatic N) is 5. The molecule has 0 aliphatic carbocycles. The molecule has 1 amide bonds. The molecule has 3 aromatic heterocycles. The van der Waals surface area contributed by atoms with Gasteiger partial charge in [-0.2, -0.15) is 0 Å². The molecule has 198 valence electrons. The van der Waals surface area contributed by atoms with E-state index in [1.54, 1.807) is 68.4 Å². The fourth-order valence-corrected chi connectivity index (χ4v) is 5.21. The third-order valence-corrected chi connectivity index (χ3v) is 7.56. The molecule has 0 spiro atoms. The van der Waals surface area contributed by atoms with Gasteiger partial charge in [-0.25, -0.2) is 9.37 Å². The van der Waals surface area contributed by atoms with E-state index in [0.29, 0.717) is 43.6 Å². The number of pyridine rings is 2. The highest BCUT2D eigenvalue weighted by molar-refractivity contribution is 5.93. The number of likely N-dealkylation sites (tertiary alicyclic amines) is 1. The molecule has 0 saturated carbocycles. The Morgan fingerprint density at radius 3 is 2.45 bits per heavy atom. The predicted octanol–water partition coefficient (Wildman–Crippen LogP) is 3.93. The van der Waals surface area contributed by atoms with Gasteiger partial charge in [0.15, 0.2) is 0 Å². The molecule has 4 aromatic rings. The van der Waals surface area contributed by atoms with Gasteiger partial charge in [0.2, 0.25) is 0 Å². The van der Waals surface area contributed by atoms with Crippen molar-refractivity contribution in [2.75, 3.05) is 39.5 Å². The number of aromatic nitrogens is 3. The highest BCUT2D eigenvalue weighted by Crippen LogP contribution is 2.37. The molecule has 5 rings (SSSR count). The lowest BCUT2D eigenvalue weighted by molar-refractivity contribution is 0.0517. The maximum absolute atomic E-state index is 15.9. The molecule has 0 bridgehead atoms. The number of alkyl halides is 1. The monoisotopic (exact) mass is 516 g/mol. The van der Waals surface area contributed by atoms with Crippen molar-refractivity contribution in [3.05, 3.63) is 88.1 Å². The molecule has 1 aromatic carbocycles. The Bertz CT molecular complexity index is 1530. The van der Waals surface area contributed by atoms with Crippen LogP contribution in [0.3, 0.4) is 0 Å². The standard InChI is InChI=1S/C29H33FN6O2/c1-31-22-10-14-36(26(37)17-22)25-9-13-32-27-24(25)18-23(34(27)4)19-35-15-11-29(30,12-16-35)21-7-5-20(6-8-21)28(38)33(2)3/h5-10,13-14,17-18,31H,11-12,15-16,19H2,1-4H3. The lowest BCUT2D eigenvalue weighted by Crippen LogP contribution is -2.40. The van der Waals surface area contributed by atoms with Crippen molar-refractivity contribution in [3.8, 4) is 5.69 Å². The first kappa shape index (κ1) is 25.7. The minimum Gasteiger partial charge on any atom is -0.388 e. The summed E-state index contributed by atoms with van der Waals surface area (Å²) in [4.78, 5) is 33.2. The number of carbonyl (C=O) groups excluding carboxylic acids is 1. The average molecular weight is 517 g/mol. The Morgan fingerprint density at radius 2 is 1.82 bits per heavy atom. The number of benzene rings is 1. The van der Waals surface area contributed by atoms with Crippen molar-refractivity contribution in [2.45, 2.75) is 25.1 Å². The van der Waals surface area contributed by atoms with Crippen LogP contribution in [0.1, 0.15) is 34.5 Å². The Balaban J connectivity index is 1.33. The van der Waals surface area contributed by atoms with Crippen molar-refractivity contribution in [3.63, 3.8) is 0 Å². The molecule has 0 atom stereocenters. The second-order valence-corrected chi connectivity index (χ2v) is 10.2. The van der Waals surface area contributed by atoms with E-state index in [1.807, 2.05) is 23.7 Å². The SMILES string of the molecule is CNc1ccn(-c2ccnc3c2cc(CN2CCC(F)(c4ccc(C(=O)N(C)C)cc4)CC2)n3C)c(=O)c1. The van der Waals surface area contributed by atoms with E-state index in [9.17, 15) is 9.59 Å². The van der Waals surface area contributed by atoms with Crippen LogP contribution in [-0.2, 0) is 19.3 Å². The molecule has 0 radical (unpaired) electrons. The number of aryl methyl sites for hydroxylation is 1. The second kappa shape index (κ2) is 10.1. The van der Waals surface area contributed by atoms with Crippen LogP contribution < -0.4 is 10.9 Å². The zero-order valence-electron chi connectivity index (χ0n) is 22.2. The quantitative estimate of drug-likeness (QED) is 0.420. The van der Waals surface area contributed by atoms with Crippen LogP contribution in [0.25, 0.3) is 16.7 Å². The van der Waals surface area contributed by atoms with E-state index in [-0.39, 0.29) is 11.5 Å². The smallest absolute Gasteiger partial charge is 0.257 e. The summed E-state index contributed by atoms with van der Waals surface area (Å²) in [5.41, 5.74) is 3.04. The van der Waals surface area contributed by atoms with Crippen LogP contribution in [0.15, 0.2) is 65.7 Å². The largest absolute Gasteiger partial charge is 0.388 e. The van der Waals surface area contributed by atoms with Crippen LogP contribution in [0, 0.1) is 0 Å². The fourth-order valence-electron chi connectivity index (χ4n) is 5.21. The van der Waals surface area contributed by atoms with Gasteiger partial charge >= 0.3 is 0 Å². The molecular formula is C29H33FN6O2. The van der Waals surface area contributed by atoms with Crippen LogP contribution in [-0.4, -0.2) is 64.1 Å². The van der Waals surface area contributed by atoms with Crippen molar-refractivity contribution >= 4 is 22.6 Å². The van der Waals surface area contributed by atoms with E-state index < -0.39 is 5.67 Å². The summed E-state index contributed by atoms with van der Waals surface area (Å²) >= 11 is 0. The van der Waals surface area contributed by atoms with Crippen molar-refractivity contribution in [1.29, 1.82) is 0 Å². The van der Waals surface area contributed by atoms with E-state index >= 15 is 4.39 Å². The summed E-state index contributed by atoms with van der Waals surface area (Å²) in [5, 5.41) is 3.89. The molecule has 0 unspecified atom stereocenters. The summed E-state index contributed by atoms with van der Waals surface area (Å²) in [6.45, 7) is 1.88. The van der Waals surface area contributed by atoms with Crippen molar-refractivity contribution < 1.29 is 9.18 Å². The molecule has 1 fully saturated rings. The van der Waals surface area contributed by atoms with Gasteiger partial charge in [-0.15, -0.1) is 0 Å². The minimum absolute atomic E-state index is 0.0910. The maximum atomic E-state index is 15.9. The number of nitrogens with one attached hydrogen (secondary N) is 1. The van der Waals surface area contributed by atoms with Crippen LogP contribution >= 0.6 is 0 Å². The molecule has 1 N–H and O–H groups in total. The van der Waals surface area contributed by atoms with Crippen LogP contribution in [0.4, 0.5) is 10.1 Å². The van der Waals surface area contributed by atoms with Gasteiger partial charge in [0.1, 0.15) is 11.3 Å². The van der Waals surface area contributed by atoms with Gasteiger partial charge in [0, 0.05) is 88.6 Å². The zero-order valence-corrected chi connectivity index (χ0v) is 22.2. The maximum Gasteiger partial charge on any atom is 0.257 e. The van der Waals surface area contributed by atoms with Crippen molar-refractivity contribution in [1.82, 2.24) is 23.9 Å². The van der Waals surface area contributed by atoms with Crippen LogP contribution in [0.2, 0.25) is 0 Å². The number of fused-ring (bicyclic) bond motifs is 1. The lowest BCUT2D eigenvalue weighted by atomic mass is 9.85. The van der Waals surface area contributed by atoms with Gasteiger partial charge in [0.25, 0.3) is 11.5 Å². The third kappa shape index (κ3) is 4.69. The lowest BCUT2D eigenvalue weighted by Gasteiger charge is -2.36. The first-order valence-corrected chi connectivity index (χ1v) is 12.8. The number of anilines is 1. The number of rotatable bonds is 6. The summed E-state index contributed by atoms with van der Waals surface area (Å²) in [6.07, 6.45) is 4.25. The van der Waals surface area contributed by atoms with Crippen LogP contribution in [0.5, 0.6) is 0 Å². The normalized spacial score (nSPS) is 15.5. The number of amides is 1. The number of hydrogen-bond donors (Lipinski definition) is 1. The topological polar surface area (TPSA) is 75.4 Å². The third-order valence-electron chi connectivity index (χ3n) is 7.56. The van der Waals surface area contributed by atoms with Gasteiger partial charge in [-0.3, -0.25) is 19.1 Å². The summed E-state index contributed by atoms with van der Waals surface area (Å²) in [6, 6.07) is 14.3. The Kier molecular flexibility index (Phi) is 6.79. The van der Waals surface area contributed by atoms with Gasteiger partial charge in [-0.05, 0) is 48.7 Å². The highest BCUT2D eigenvalue weighted by atomic mass is 19.1. The molecule has 1 saturated heterocycles. The first-order valence-electron chi connectivity index (χ1n) is 12.8. The average Bonchev–Trinajstić information content (AvgIpc) is 3.24. The number of piperidine rings is 1. The molecule has 1 aliphatic heterocycles. The van der Waals surface area contributed by atoms with E-state index in [4.69, 9.17) is 0 Å².